The van der Waals surface area contributed by atoms with Crippen LogP contribution in [0.4, 0.5) is 0 Å². The maximum absolute atomic E-state index is 12.0. The maximum Gasteiger partial charge on any atom is 0.338 e. The summed E-state index contributed by atoms with van der Waals surface area (Å²) in [4.78, 5) is 12.0. The summed E-state index contributed by atoms with van der Waals surface area (Å²) in [5.74, 6) is 0.525. The second-order valence-electron chi connectivity index (χ2n) is 5.35. The highest BCUT2D eigenvalue weighted by atomic mass is 16.5. The van der Waals surface area contributed by atoms with Gasteiger partial charge in [0.05, 0.1) is 12.7 Å². The minimum atomic E-state index is -0.324. The first-order valence-electron chi connectivity index (χ1n) is 7.46. The third-order valence-corrected chi connectivity index (χ3v) is 3.77. The average molecular weight is 298 g/mol. The van der Waals surface area contributed by atoms with Crippen LogP contribution in [-0.4, -0.2) is 13.1 Å². The summed E-state index contributed by atoms with van der Waals surface area (Å²) in [5.41, 5.74) is 4.81. The fourth-order valence-electron chi connectivity index (χ4n) is 2.45. The molecule has 2 aromatic rings. The van der Waals surface area contributed by atoms with Crippen LogP contribution in [0.2, 0.25) is 0 Å². The minimum absolute atomic E-state index is 0.324. The predicted molar refractivity (Wildman–Crippen MR) is 87.4 cm³/mol. The summed E-state index contributed by atoms with van der Waals surface area (Å²) < 4.78 is 10.9. The third-order valence-electron chi connectivity index (χ3n) is 3.77. The van der Waals surface area contributed by atoms with Crippen molar-refractivity contribution in [3.63, 3.8) is 0 Å². The number of ether oxygens (including phenoxy) is 2. The van der Waals surface area contributed by atoms with E-state index in [2.05, 4.69) is 13.0 Å². The Morgan fingerprint density at radius 3 is 2.59 bits per heavy atom. The van der Waals surface area contributed by atoms with Gasteiger partial charge in [-0.25, -0.2) is 4.79 Å². The first kappa shape index (κ1) is 16.1. The zero-order chi connectivity index (χ0) is 16.1. The predicted octanol–water partition coefficient (Wildman–Crippen LogP) is 4.23. The van der Waals surface area contributed by atoms with Gasteiger partial charge in [0.1, 0.15) is 12.4 Å². The van der Waals surface area contributed by atoms with Crippen LogP contribution in [0.3, 0.4) is 0 Å². The van der Waals surface area contributed by atoms with Crippen molar-refractivity contribution in [1.29, 1.82) is 0 Å². The van der Waals surface area contributed by atoms with Gasteiger partial charge in [-0.1, -0.05) is 31.2 Å². The van der Waals surface area contributed by atoms with Crippen molar-refractivity contribution < 1.29 is 14.3 Å². The Balaban J connectivity index is 2.32. The Bertz CT molecular complexity index is 674. The molecule has 0 bridgehead atoms. The number of methoxy groups -OCH3 is 1. The van der Waals surface area contributed by atoms with Gasteiger partial charge in [0.2, 0.25) is 0 Å². The largest absolute Gasteiger partial charge is 0.489 e. The Kier molecular flexibility index (Phi) is 5.21. The number of aryl methyl sites for hydroxylation is 3. The van der Waals surface area contributed by atoms with Crippen LogP contribution < -0.4 is 4.74 Å². The van der Waals surface area contributed by atoms with Crippen molar-refractivity contribution in [3.8, 4) is 5.75 Å². The zero-order valence-electron chi connectivity index (χ0n) is 13.6. The third kappa shape index (κ3) is 3.48. The molecule has 0 aliphatic heterocycles. The summed E-state index contributed by atoms with van der Waals surface area (Å²) in [5, 5.41) is 0. The highest BCUT2D eigenvalue weighted by Gasteiger charge is 2.15. The Morgan fingerprint density at radius 1 is 1.14 bits per heavy atom. The van der Waals surface area contributed by atoms with Crippen molar-refractivity contribution in [3.05, 3.63) is 64.2 Å². The maximum atomic E-state index is 12.0. The molecule has 0 saturated heterocycles. The molecule has 22 heavy (non-hydrogen) atoms. The Labute approximate surface area is 131 Å². The molecule has 0 heterocycles. The molecule has 3 heteroatoms. The second kappa shape index (κ2) is 7.12. The van der Waals surface area contributed by atoms with E-state index < -0.39 is 0 Å². The molecule has 2 aromatic carbocycles. The molecule has 116 valence electrons. The quantitative estimate of drug-likeness (QED) is 0.775. The van der Waals surface area contributed by atoms with E-state index in [-0.39, 0.29) is 5.97 Å². The first-order chi connectivity index (χ1) is 10.6. The summed E-state index contributed by atoms with van der Waals surface area (Å²) in [7, 11) is 1.40. The molecule has 0 amide bonds. The van der Waals surface area contributed by atoms with Crippen LogP contribution in [-0.2, 0) is 17.8 Å². The molecular formula is C19H22O3. The molecular weight excluding hydrogens is 276 g/mol. The van der Waals surface area contributed by atoms with Gasteiger partial charge in [0.15, 0.2) is 0 Å². The van der Waals surface area contributed by atoms with Crippen LogP contribution in [0.25, 0.3) is 0 Å². The molecule has 0 aromatic heterocycles. The molecule has 0 radical (unpaired) electrons. The number of rotatable bonds is 5. The smallest absolute Gasteiger partial charge is 0.338 e. The molecule has 3 nitrogen and oxygen atoms in total. The van der Waals surface area contributed by atoms with E-state index in [9.17, 15) is 4.79 Å². The number of hydrogen-bond donors (Lipinski definition) is 0. The minimum Gasteiger partial charge on any atom is -0.489 e. The molecule has 0 saturated carbocycles. The number of hydrogen-bond acceptors (Lipinski definition) is 3. The van der Waals surface area contributed by atoms with E-state index in [0.29, 0.717) is 12.2 Å². The highest BCUT2D eigenvalue weighted by molar-refractivity contribution is 5.91. The van der Waals surface area contributed by atoms with E-state index in [1.54, 1.807) is 6.07 Å². The van der Waals surface area contributed by atoms with Crippen molar-refractivity contribution in [2.75, 3.05) is 7.11 Å². The fraction of sp³-hybridized carbons (Fsp3) is 0.316. The van der Waals surface area contributed by atoms with Gasteiger partial charge in [0, 0.05) is 5.56 Å². The van der Waals surface area contributed by atoms with E-state index in [1.807, 2.05) is 38.1 Å². The SMILES string of the molecule is CCc1cccc(C(=O)OC)c1COc1cc(C)ccc1C. The lowest BCUT2D eigenvalue weighted by Crippen LogP contribution is -2.11. The number of carbonyl (C=O) groups excluding carboxylic acids is 1. The van der Waals surface area contributed by atoms with E-state index in [1.165, 1.54) is 7.11 Å². The summed E-state index contributed by atoms with van der Waals surface area (Å²) in [6.07, 6.45) is 0.844. The monoisotopic (exact) mass is 298 g/mol. The first-order valence-corrected chi connectivity index (χ1v) is 7.46. The van der Waals surface area contributed by atoms with Crippen LogP contribution in [0, 0.1) is 13.8 Å². The van der Waals surface area contributed by atoms with Crippen molar-refractivity contribution >= 4 is 5.97 Å². The second-order valence-corrected chi connectivity index (χ2v) is 5.35. The van der Waals surface area contributed by atoms with Gasteiger partial charge >= 0.3 is 5.97 Å². The molecule has 2 rings (SSSR count). The molecule has 0 aliphatic rings. The number of carbonyl (C=O) groups is 1. The molecule has 0 unspecified atom stereocenters. The Hall–Kier alpha value is -2.29. The number of esters is 1. The zero-order valence-corrected chi connectivity index (χ0v) is 13.6. The lowest BCUT2D eigenvalue weighted by atomic mass is 9.99. The van der Waals surface area contributed by atoms with Crippen LogP contribution >= 0.6 is 0 Å². The highest BCUT2D eigenvalue weighted by Crippen LogP contribution is 2.23. The lowest BCUT2D eigenvalue weighted by molar-refractivity contribution is 0.0597. The molecule has 0 fully saturated rings. The van der Waals surface area contributed by atoms with Crippen LogP contribution in [0.1, 0.15) is 39.5 Å². The van der Waals surface area contributed by atoms with E-state index in [4.69, 9.17) is 9.47 Å². The van der Waals surface area contributed by atoms with Gasteiger partial charge in [-0.2, -0.15) is 0 Å². The van der Waals surface area contributed by atoms with E-state index >= 15 is 0 Å². The molecule has 0 spiro atoms. The van der Waals surface area contributed by atoms with Crippen LogP contribution in [0.5, 0.6) is 5.75 Å². The summed E-state index contributed by atoms with van der Waals surface area (Å²) in [6, 6.07) is 11.8. The summed E-state index contributed by atoms with van der Waals surface area (Å²) in [6.45, 7) is 6.48. The fourth-order valence-corrected chi connectivity index (χ4v) is 2.45. The topological polar surface area (TPSA) is 35.5 Å². The van der Waals surface area contributed by atoms with Gasteiger partial charge in [-0.15, -0.1) is 0 Å². The van der Waals surface area contributed by atoms with Gasteiger partial charge < -0.3 is 9.47 Å². The van der Waals surface area contributed by atoms with Crippen molar-refractivity contribution in [2.24, 2.45) is 0 Å². The molecule has 0 aliphatic carbocycles. The van der Waals surface area contributed by atoms with Gasteiger partial charge in [-0.3, -0.25) is 0 Å². The molecule has 0 atom stereocenters. The lowest BCUT2D eigenvalue weighted by Gasteiger charge is -2.15. The normalized spacial score (nSPS) is 10.4. The summed E-state index contributed by atoms with van der Waals surface area (Å²) >= 11 is 0. The number of benzene rings is 2. The van der Waals surface area contributed by atoms with Crippen molar-refractivity contribution in [1.82, 2.24) is 0 Å². The Morgan fingerprint density at radius 2 is 1.91 bits per heavy atom. The van der Waals surface area contributed by atoms with Crippen LogP contribution in [0.15, 0.2) is 36.4 Å². The van der Waals surface area contributed by atoms with E-state index in [0.717, 1.165) is 34.4 Å². The van der Waals surface area contributed by atoms with Gasteiger partial charge in [0.25, 0.3) is 0 Å². The standard InChI is InChI=1S/C19H22O3/c1-5-15-7-6-8-16(19(20)21-4)17(15)12-22-18-11-13(2)9-10-14(18)3/h6-11H,5,12H2,1-4H3. The van der Waals surface area contributed by atoms with Gasteiger partial charge in [-0.05, 0) is 49.1 Å². The average Bonchev–Trinajstić information content (AvgIpc) is 2.54. The molecule has 0 N–H and O–H groups in total. The van der Waals surface area contributed by atoms with Crippen molar-refractivity contribution in [2.45, 2.75) is 33.8 Å².